The van der Waals surface area contributed by atoms with E-state index in [4.69, 9.17) is 0 Å². The summed E-state index contributed by atoms with van der Waals surface area (Å²) in [5.41, 5.74) is 7.53. The number of dihydropyridines is 1. The van der Waals surface area contributed by atoms with Crippen molar-refractivity contribution >= 4 is 11.8 Å². The molecule has 0 amide bonds. The number of hydrogen-bond acceptors (Lipinski definition) is 4. The Morgan fingerprint density at radius 2 is 1.78 bits per heavy atom. The first-order valence-electron chi connectivity index (χ1n) is 11.1. The fourth-order valence-corrected chi connectivity index (χ4v) is 5.56. The van der Waals surface area contributed by atoms with Gasteiger partial charge >= 0.3 is 5.97 Å². The molecule has 0 bridgehead atoms. The third kappa shape index (κ3) is 3.72. The number of carbonyl (C=O) groups is 2. The Bertz CT molecular complexity index is 1160. The topological polar surface area (TPSA) is 86.6 Å². The lowest BCUT2D eigenvalue weighted by molar-refractivity contribution is -0.133. The van der Waals surface area contributed by atoms with Crippen LogP contribution in [0.5, 0.6) is 5.75 Å². The van der Waals surface area contributed by atoms with Crippen molar-refractivity contribution in [2.75, 3.05) is 0 Å². The molecule has 166 valence electrons. The molecule has 2 aromatic carbocycles. The molecule has 2 unspecified atom stereocenters. The highest BCUT2D eigenvalue weighted by Gasteiger charge is 2.41. The molecule has 2 aromatic rings. The maximum absolute atomic E-state index is 13.6. The molecule has 4 rings (SSSR count). The average Bonchev–Trinajstić information content (AvgIpc) is 2.71. The minimum absolute atomic E-state index is 0.0367. The predicted octanol–water partition coefficient (Wildman–Crippen LogP) is 5.15. The summed E-state index contributed by atoms with van der Waals surface area (Å²) in [5, 5.41) is 23.4. The van der Waals surface area contributed by atoms with E-state index < -0.39 is 11.9 Å². The number of ketones is 1. The first-order chi connectivity index (χ1) is 15.2. The van der Waals surface area contributed by atoms with Crippen LogP contribution >= 0.6 is 0 Å². The van der Waals surface area contributed by atoms with Crippen LogP contribution in [0.2, 0.25) is 0 Å². The summed E-state index contributed by atoms with van der Waals surface area (Å²) < 4.78 is 0. The number of nitrogens with one attached hydrogen (secondary N) is 1. The number of carboxylic acid groups (broad SMARTS) is 1. The third-order valence-electron chi connectivity index (χ3n) is 6.65. The lowest BCUT2D eigenvalue weighted by Crippen LogP contribution is -2.36. The van der Waals surface area contributed by atoms with E-state index in [1.807, 2.05) is 6.92 Å². The highest BCUT2D eigenvalue weighted by atomic mass is 16.4. The van der Waals surface area contributed by atoms with Gasteiger partial charge in [0.15, 0.2) is 5.78 Å². The van der Waals surface area contributed by atoms with Crippen molar-refractivity contribution in [3.05, 3.63) is 86.8 Å². The van der Waals surface area contributed by atoms with Crippen LogP contribution < -0.4 is 5.32 Å². The van der Waals surface area contributed by atoms with Crippen molar-refractivity contribution in [2.45, 2.75) is 58.8 Å². The summed E-state index contributed by atoms with van der Waals surface area (Å²) in [6.07, 6.45) is 1.50. The second-order valence-corrected chi connectivity index (χ2v) is 8.94. The van der Waals surface area contributed by atoms with Gasteiger partial charge in [0, 0.05) is 29.3 Å². The number of aliphatic carboxylic acids is 1. The Morgan fingerprint density at radius 1 is 1.09 bits per heavy atom. The van der Waals surface area contributed by atoms with Gasteiger partial charge < -0.3 is 15.5 Å². The first kappa shape index (κ1) is 21.9. The Hall–Kier alpha value is -3.34. The van der Waals surface area contributed by atoms with Crippen LogP contribution in [0.25, 0.3) is 0 Å². The summed E-state index contributed by atoms with van der Waals surface area (Å²) in [4.78, 5) is 25.8. The number of carbonyl (C=O) groups excluding carboxylic acids is 1. The largest absolute Gasteiger partial charge is 0.508 e. The molecule has 0 aromatic heterocycles. The van der Waals surface area contributed by atoms with Crippen molar-refractivity contribution < 1.29 is 19.8 Å². The van der Waals surface area contributed by atoms with Gasteiger partial charge in [-0.25, -0.2) is 4.79 Å². The van der Waals surface area contributed by atoms with E-state index in [9.17, 15) is 19.8 Å². The molecule has 0 fully saturated rings. The molecule has 3 N–H and O–H groups in total. The number of aryl methyl sites for hydroxylation is 3. The van der Waals surface area contributed by atoms with Gasteiger partial charge in [-0.15, -0.1) is 0 Å². The Kier molecular flexibility index (Phi) is 5.68. The Morgan fingerprint density at radius 3 is 2.38 bits per heavy atom. The highest BCUT2D eigenvalue weighted by Crippen LogP contribution is 2.47. The Labute approximate surface area is 188 Å². The van der Waals surface area contributed by atoms with E-state index in [1.165, 1.54) is 22.3 Å². The minimum Gasteiger partial charge on any atom is -0.508 e. The summed E-state index contributed by atoms with van der Waals surface area (Å²) >= 11 is 0. The minimum atomic E-state index is -1.05. The molecular formula is C27H29NO4. The van der Waals surface area contributed by atoms with Gasteiger partial charge in [0.05, 0.1) is 5.57 Å². The highest BCUT2D eigenvalue weighted by molar-refractivity contribution is 6.04. The zero-order valence-electron chi connectivity index (χ0n) is 19.0. The van der Waals surface area contributed by atoms with Crippen LogP contribution in [-0.4, -0.2) is 22.0 Å². The second kappa shape index (κ2) is 8.30. The van der Waals surface area contributed by atoms with E-state index in [1.54, 1.807) is 24.3 Å². The van der Waals surface area contributed by atoms with Gasteiger partial charge in [-0.1, -0.05) is 36.8 Å². The summed E-state index contributed by atoms with van der Waals surface area (Å²) in [7, 11) is 0. The number of phenolic OH excluding ortho intramolecular Hbond substituents is 1. The molecule has 1 aliphatic carbocycles. The van der Waals surface area contributed by atoms with Gasteiger partial charge in [0.25, 0.3) is 0 Å². The van der Waals surface area contributed by atoms with Crippen LogP contribution in [0, 0.1) is 20.8 Å². The lowest BCUT2D eigenvalue weighted by atomic mass is 9.70. The fraction of sp³-hybridized carbons (Fsp3) is 0.333. The summed E-state index contributed by atoms with van der Waals surface area (Å²) in [6.45, 7) is 8.17. The molecule has 1 aliphatic heterocycles. The van der Waals surface area contributed by atoms with Crippen molar-refractivity contribution in [1.29, 1.82) is 0 Å². The summed E-state index contributed by atoms with van der Waals surface area (Å²) in [5.74, 6) is -1.68. The summed E-state index contributed by atoms with van der Waals surface area (Å²) in [6, 6.07) is 10.9. The standard InChI is InChI=1S/C27H29NO4/c1-5-20-26(27(31)32)24(17-7-6-8-19(29)11-17)25-21(28-20)12-18(13-22(25)30)23-15(3)9-14(2)10-16(23)4/h6-11,18,24,28-29H,5,12-13H2,1-4H3,(H,31,32). The molecule has 5 nitrogen and oxygen atoms in total. The van der Waals surface area contributed by atoms with Gasteiger partial charge in [-0.3, -0.25) is 4.79 Å². The van der Waals surface area contributed by atoms with Crippen molar-refractivity contribution in [1.82, 2.24) is 5.32 Å². The number of allylic oxidation sites excluding steroid dienone is 3. The van der Waals surface area contributed by atoms with Gasteiger partial charge in [0.1, 0.15) is 5.75 Å². The number of Topliss-reactive ketones (excluding diaryl/α,β-unsaturated/α-hetero) is 1. The number of aromatic hydroxyl groups is 1. The smallest absolute Gasteiger partial charge is 0.334 e. The SMILES string of the molecule is CCC1=C(C(=O)O)C(c2cccc(O)c2)C2=C(CC(c3c(C)cc(C)cc3C)CC2=O)N1. The van der Waals surface area contributed by atoms with E-state index in [2.05, 4.69) is 38.2 Å². The molecule has 32 heavy (non-hydrogen) atoms. The third-order valence-corrected chi connectivity index (χ3v) is 6.65. The van der Waals surface area contributed by atoms with Gasteiger partial charge in [-0.05, 0) is 73.9 Å². The quantitative estimate of drug-likeness (QED) is 0.623. The number of phenols is 1. The van der Waals surface area contributed by atoms with E-state index in [0.29, 0.717) is 36.1 Å². The maximum atomic E-state index is 13.6. The van der Waals surface area contributed by atoms with Crippen LogP contribution in [0.1, 0.15) is 65.8 Å². The normalized spacial score (nSPS) is 20.8. The zero-order valence-corrected chi connectivity index (χ0v) is 19.0. The molecule has 0 spiro atoms. The van der Waals surface area contributed by atoms with Crippen LogP contribution in [0.3, 0.4) is 0 Å². The second-order valence-electron chi connectivity index (χ2n) is 8.94. The average molecular weight is 432 g/mol. The van der Waals surface area contributed by atoms with Crippen LogP contribution in [-0.2, 0) is 9.59 Å². The maximum Gasteiger partial charge on any atom is 0.334 e. The Balaban J connectivity index is 1.85. The molecule has 2 aliphatic rings. The number of carboxylic acids is 1. The predicted molar refractivity (Wildman–Crippen MR) is 124 cm³/mol. The van der Waals surface area contributed by atoms with E-state index in [-0.39, 0.29) is 23.0 Å². The van der Waals surface area contributed by atoms with Gasteiger partial charge in [0.2, 0.25) is 0 Å². The van der Waals surface area contributed by atoms with Crippen LogP contribution in [0.4, 0.5) is 0 Å². The molecule has 0 saturated heterocycles. The lowest BCUT2D eigenvalue weighted by Gasteiger charge is -2.37. The number of benzene rings is 2. The van der Waals surface area contributed by atoms with Crippen molar-refractivity contribution in [3.63, 3.8) is 0 Å². The van der Waals surface area contributed by atoms with Gasteiger partial charge in [-0.2, -0.15) is 0 Å². The monoisotopic (exact) mass is 431 g/mol. The molecule has 5 heteroatoms. The molecule has 2 atom stereocenters. The molecule has 0 saturated carbocycles. The fourth-order valence-electron chi connectivity index (χ4n) is 5.56. The zero-order chi connectivity index (χ0) is 23.2. The van der Waals surface area contributed by atoms with E-state index in [0.717, 1.165) is 5.70 Å². The van der Waals surface area contributed by atoms with Crippen LogP contribution in [0.15, 0.2) is 58.9 Å². The van der Waals surface area contributed by atoms with Crippen molar-refractivity contribution in [2.24, 2.45) is 0 Å². The molecule has 0 radical (unpaired) electrons. The van der Waals surface area contributed by atoms with Crippen molar-refractivity contribution in [3.8, 4) is 5.75 Å². The molecular weight excluding hydrogens is 402 g/mol. The van der Waals surface area contributed by atoms with E-state index >= 15 is 0 Å². The molecule has 1 heterocycles. The number of rotatable bonds is 4. The number of hydrogen-bond donors (Lipinski definition) is 3. The first-order valence-corrected chi connectivity index (χ1v) is 11.1.